The molecule has 0 saturated carbocycles. The van der Waals surface area contributed by atoms with Gasteiger partial charge in [0.2, 0.25) is 0 Å². The molecule has 3 rings (SSSR count). The van der Waals surface area contributed by atoms with Crippen LogP contribution in [-0.4, -0.2) is 34.7 Å². The second-order valence-electron chi connectivity index (χ2n) is 6.60. The molecule has 0 saturated heterocycles. The quantitative estimate of drug-likeness (QED) is 0.643. The summed E-state index contributed by atoms with van der Waals surface area (Å²) < 4.78 is 26.2. The van der Waals surface area contributed by atoms with E-state index in [0.717, 1.165) is 29.7 Å². The number of carbonyl (C=O) groups excluding carboxylic acids is 1. The molecule has 28 heavy (non-hydrogen) atoms. The molecule has 7 heteroatoms. The van der Waals surface area contributed by atoms with E-state index < -0.39 is 0 Å². The molecule has 2 N–H and O–H groups in total. The predicted molar refractivity (Wildman–Crippen MR) is 104 cm³/mol. The fraction of sp³-hybridized carbons (Fsp3) is 0.238. The summed E-state index contributed by atoms with van der Waals surface area (Å²) in [4.78, 5) is 13.7. The lowest BCUT2D eigenvalue weighted by Crippen LogP contribution is -2.37. The van der Waals surface area contributed by atoms with Gasteiger partial charge in [-0.25, -0.2) is 13.6 Å². The fourth-order valence-electron chi connectivity index (χ4n) is 2.81. The van der Waals surface area contributed by atoms with Crippen molar-refractivity contribution in [3.8, 4) is 11.3 Å². The Morgan fingerprint density at radius 1 is 1.11 bits per heavy atom. The van der Waals surface area contributed by atoms with Crippen molar-refractivity contribution in [3.05, 3.63) is 77.5 Å². The van der Waals surface area contributed by atoms with Gasteiger partial charge in [0.1, 0.15) is 11.6 Å². The zero-order valence-electron chi connectivity index (χ0n) is 15.6. The van der Waals surface area contributed by atoms with Crippen molar-refractivity contribution in [2.75, 3.05) is 13.6 Å². The summed E-state index contributed by atoms with van der Waals surface area (Å²) in [5, 5.41) is 9.98. The standard InChI is InChI=1S/C21H22F2N4O/c1-27(21(28)24-14-15-7-9-17(22)10-8-15)11-3-6-19-13-20(26-25-19)16-4-2-5-18(23)12-16/h2,4-5,7-10,12-13H,3,6,11,14H2,1H3,(H,24,28)(H,25,26). The Kier molecular flexibility index (Phi) is 6.37. The molecule has 0 atom stereocenters. The smallest absolute Gasteiger partial charge is 0.317 e. The van der Waals surface area contributed by atoms with E-state index in [0.29, 0.717) is 18.8 Å². The number of benzene rings is 2. The molecule has 0 radical (unpaired) electrons. The molecule has 146 valence electrons. The van der Waals surface area contributed by atoms with E-state index in [1.165, 1.54) is 24.3 Å². The lowest BCUT2D eigenvalue weighted by molar-refractivity contribution is 0.208. The van der Waals surface area contributed by atoms with Crippen LogP contribution in [0.4, 0.5) is 13.6 Å². The number of halogens is 2. The first-order valence-corrected chi connectivity index (χ1v) is 9.05. The molecule has 5 nitrogen and oxygen atoms in total. The van der Waals surface area contributed by atoms with Crippen LogP contribution in [0.5, 0.6) is 0 Å². The van der Waals surface area contributed by atoms with Gasteiger partial charge in [0.05, 0.1) is 5.69 Å². The molecule has 3 aromatic rings. The number of hydrogen-bond donors (Lipinski definition) is 2. The lowest BCUT2D eigenvalue weighted by atomic mass is 10.1. The Labute approximate surface area is 162 Å². The number of H-pyrrole nitrogens is 1. The van der Waals surface area contributed by atoms with Gasteiger partial charge in [0.15, 0.2) is 0 Å². The number of aryl methyl sites for hydroxylation is 1. The van der Waals surface area contributed by atoms with Crippen LogP contribution in [0, 0.1) is 11.6 Å². The van der Waals surface area contributed by atoms with Gasteiger partial charge >= 0.3 is 6.03 Å². The summed E-state index contributed by atoms with van der Waals surface area (Å²) >= 11 is 0. The predicted octanol–water partition coefficient (Wildman–Crippen LogP) is 4.13. The number of nitrogens with zero attached hydrogens (tertiary/aromatic N) is 2. The Balaban J connectivity index is 1.43. The average molecular weight is 384 g/mol. The molecule has 2 aromatic carbocycles. The number of aromatic nitrogens is 2. The third-order valence-electron chi connectivity index (χ3n) is 4.39. The van der Waals surface area contributed by atoms with Gasteiger partial charge in [-0.05, 0) is 48.7 Å². The van der Waals surface area contributed by atoms with E-state index in [9.17, 15) is 13.6 Å². The highest BCUT2D eigenvalue weighted by atomic mass is 19.1. The molecule has 1 aromatic heterocycles. The molecule has 0 unspecified atom stereocenters. The molecule has 0 aliphatic carbocycles. The highest BCUT2D eigenvalue weighted by molar-refractivity contribution is 5.73. The van der Waals surface area contributed by atoms with Crippen LogP contribution in [-0.2, 0) is 13.0 Å². The Morgan fingerprint density at radius 2 is 1.89 bits per heavy atom. The van der Waals surface area contributed by atoms with E-state index in [2.05, 4.69) is 15.5 Å². The Morgan fingerprint density at radius 3 is 2.64 bits per heavy atom. The van der Waals surface area contributed by atoms with E-state index in [4.69, 9.17) is 0 Å². The third-order valence-corrected chi connectivity index (χ3v) is 4.39. The average Bonchev–Trinajstić information content (AvgIpc) is 3.16. The van der Waals surface area contributed by atoms with Gasteiger partial charge in [0, 0.05) is 31.4 Å². The van der Waals surface area contributed by atoms with Crippen molar-refractivity contribution in [2.24, 2.45) is 0 Å². The van der Waals surface area contributed by atoms with Crippen LogP contribution in [0.3, 0.4) is 0 Å². The number of hydrogen-bond acceptors (Lipinski definition) is 2. The molecule has 0 aliphatic rings. The largest absolute Gasteiger partial charge is 0.334 e. The fourth-order valence-corrected chi connectivity index (χ4v) is 2.81. The highest BCUT2D eigenvalue weighted by Crippen LogP contribution is 2.19. The second kappa shape index (κ2) is 9.12. The summed E-state index contributed by atoms with van der Waals surface area (Å²) in [6.45, 7) is 0.921. The number of amides is 2. The number of urea groups is 1. The Hall–Kier alpha value is -3.22. The molecular weight excluding hydrogens is 362 g/mol. The maximum atomic E-state index is 13.3. The zero-order chi connectivity index (χ0) is 19.9. The first-order chi connectivity index (χ1) is 13.5. The number of carbonyl (C=O) groups is 1. The summed E-state index contributed by atoms with van der Waals surface area (Å²) in [7, 11) is 1.73. The van der Waals surface area contributed by atoms with Crippen molar-refractivity contribution in [1.29, 1.82) is 0 Å². The number of nitrogens with one attached hydrogen (secondary N) is 2. The van der Waals surface area contributed by atoms with Crippen molar-refractivity contribution >= 4 is 6.03 Å². The second-order valence-corrected chi connectivity index (χ2v) is 6.60. The van der Waals surface area contributed by atoms with E-state index in [1.807, 2.05) is 12.1 Å². The first-order valence-electron chi connectivity index (χ1n) is 9.05. The van der Waals surface area contributed by atoms with Gasteiger partial charge < -0.3 is 10.2 Å². The van der Waals surface area contributed by atoms with Gasteiger partial charge in [-0.15, -0.1) is 0 Å². The van der Waals surface area contributed by atoms with Gasteiger partial charge in [-0.1, -0.05) is 24.3 Å². The molecule has 0 aliphatic heterocycles. The van der Waals surface area contributed by atoms with Gasteiger partial charge in [0.25, 0.3) is 0 Å². The van der Waals surface area contributed by atoms with Crippen LogP contribution < -0.4 is 5.32 Å². The number of rotatable bonds is 7. The normalized spacial score (nSPS) is 10.7. The maximum absolute atomic E-state index is 13.3. The minimum absolute atomic E-state index is 0.186. The minimum atomic E-state index is -0.299. The third kappa shape index (κ3) is 5.39. The molecule has 1 heterocycles. The zero-order valence-corrected chi connectivity index (χ0v) is 15.6. The van der Waals surface area contributed by atoms with E-state index in [1.54, 1.807) is 30.1 Å². The summed E-state index contributed by atoms with van der Waals surface area (Å²) in [5.74, 6) is -0.595. The van der Waals surface area contributed by atoms with Crippen LogP contribution in [0.1, 0.15) is 17.7 Å². The van der Waals surface area contributed by atoms with Crippen LogP contribution in [0.25, 0.3) is 11.3 Å². The van der Waals surface area contributed by atoms with Crippen LogP contribution in [0.2, 0.25) is 0 Å². The van der Waals surface area contributed by atoms with Crippen LogP contribution in [0.15, 0.2) is 54.6 Å². The summed E-state index contributed by atoms with van der Waals surface area (Å²) in [5.41, 5.74) is 3.18. The van der Waals surface area contributed by atoms with Crippen molar-refractivity contribution in [3.63, 3.8) is 0 Å². The lowest BCUT2D eigenvalue weighted by Gasteiger charge is -2.17. The molecule has 0 spiro atoms. The van der Waals surface area contributed by atoms with E-state index in [-0.39, 0.29) is 17.7 Å². The molecular formula is C21H22F2N4O. The molecule has 2 amide bonds. The van der Waals surface area contributed by atoms with Crippen molar-refractivity contribution < 1.29 is 13.6 Å². The topological polar surface area (TPSA) is 61.0 Å². The summed E-state index contributed by atoms with van der Waals surface area (Å²) in [6, 6.07) is 14.0. The van der Waals surface area contributed by atoms with Crippen molar-refractivity contribution in [2.45, 2.75) is 19.4 Å². The van der Waals surface area contributed by atoms with Gasteiger partial charge in [-0.2, -0.15) is 5.10 Å². The summed E-state index contributed by atoms with van der Waals surface area (Å²) in [6.07, 6.45) is 1.48. The van der Waals surface area contributed by atoms with Crippen molar-refractivity contribution in [1.82, 2.24) is 20.4 Å². The first kappa shape index (κ1) is 19.5. The van der Waals surface area contributed by atoms with Gasteiger partial charge in [-0.3, -0.25) is 5.10 Å². The molecule has 0 fully saturated rings. The maximum Gasteiger partial charge on any atom is 0.317 e. The van der Waals surface area contributed by atoms with Crippen LogP contribution >= 0.6 is 0 Å². The Bertz CT molecular complexity index is 924. The monoisotopic (exact) mass is 384 g/mol. The molecule has 0 bridgehead atoms. The number of aromatic amines is 1. The van der Waals surface area contributed by atoms with E-state index >= 15 is 0 Å². The minimum Gasteiger partial charge on any atom is -0.334 e. The SMILES string of the molecule is CN(CCCc1cc(-c2cccc(F)c2)n[nH]1)C(=O)NCc1ccc(F)cc1. The highest BCUT2D eigenvalue weighted by Gasteiger charge is 2.09.